The third-order valence-electron chi connectivity index (χ3n) is 1.86. The number of nitrogens with two attached hydrogens (primary N) is 1. The molecule has 80 valence electrons. The van der Waals surface area contributed by atoms with Gasteiger partial charge in [0.05, 0.1) is 18.8 Å². The van der Waals surface area contributed by atoms with E-state index in [1.807, 2.05) is 0 Å². The molecule has 0 radical (unpaired) electrons. The quantitative estimate of drug-likeness (QED) is 0.761. The first kappa shape index (κ1) is 11.3. The summed E-state index contributed by atoms with van der Waals surface area (Å²) in [6.45, 7) is 2.86. The Hall–Kier alpha value is -0.810. The summed E-state index contributed by atoms with van der Waals surface area (Å²) in [5, 5.41) is 4.91. The second-order valence-electron chi connectivity index (χ2n) is 3.15. The zero-order valence-corrected chi connectivity index (χ0v) is 9.43. The Bertz CT molecular complexity index is 258. The van der Waals surface area contributed by atoms with Crippen molar-refractivity contribution in [3.05, 3.63) is 6.20 Å². The average Bonchev–Trinajstić information content (AvgIpc) is 2.52. The highest BCUT2D eigenvalue weighted by Crippen LogP contribution is 2.21. The molecule has 0 bridgehead atoms. The normalized spacial score (nSPS) is 12.7. The van der Waals surface area contributed by atoms with Crippen LogP contribution in [-0.2, 0) is 4.74 Å². The topological polar surface area (TPSA) is 60.2 Å². The Kier molecular flexibility index (Phi) is 4.69. The molecule has 1 unspecified atom stereocenters. The molecule has 5 heteroatoms. The Morgan fingerprint density at radius 1 is 1.71 bits per heavy atom. The van der Waals surface area contributed by atoms with Gasteiger partial charge in [0, 0.05) is 7.11 Å². The molecular formula is C9H17N3OS. The first-order valence-corrected chi connectivity index (χ1v) is 5.54. The number of anilines is 2. The monoisotopic (exact) mass is 215 g/mol. The molecule has 3 N–H and O–H groups in total. The molecule has 14 heavy (non-hydrogen) atoms. The summed E-state index contributed by atoms with van der Waals surface area (Å²) in [7, 11) is 1.71. The van der Waals surface area contributed by atoms with Crippen molar-refractivity contribution in [3.63, 3.8) is 0 Å². The van der Waals surface area contributed by atoms with Crippen LogP contribution in [0.1, 0.15) is 19.8 Å². The number of hydrogen-bond donors (Lipinski definition) is 2. The van der Waals surface area contributed by atoms with Gasteiger partial charge in [0.25, 0.3) is 0 Å². The van der Waals surface area contributed by atoms with Gasteiger partial charge < -0.3 is 15.8 Å². The number of nitrogen functional groups attached to an aromatic ring is 1. The summed E-state index contributed by atoms with van der Waals surface area (Å²) >= 11 is 1.47. The average molecular weight is 215 g/mol. The van der Waals surface area contributed by atoms with Crippen LogP contribution in [0, 0.1) is 0 Å². The lowest BCUT2D eigenvalue weighted by atomic mass is 10.2. The molecule has 1 rings (SSSR count). The van der Waals surface area contributed by atoms with E-state index in [0.29, 0.717) is 12.6 Å². The van der Waals surface area contributed by atoms with E-state index in [9.17, 15) is 0 Å². The third-order valence-corrected chi connectivity index (χ3v) is 2.61. The smallest absolute Gasteiger partial charge is 0.184 e. The van der Waals surface area contributed by atoms with Gasteiger partial charge in [-0.3, -0.25) is 0 Å². The molecule has 1 atom stereocenters. The van der Waals surface area contributed by atoms with E-state index >= 15 is 0 Å². The van der Waals surface area contributed by atoms with E-state index in [4.69, 9.17) is 10.5 Å². The highest BCUT2D eigenvalue weighted by atomic mass is 32.1. The highest BCUT2D eigenvalue weighted by molar-refractivity contribution is 7.19. The van der Waals surface area contributed by atoms with E-state index in [1.165, 1.54) is 11.3 Å². The molecule has 0 saturated heterocycles. The van der Waals surface area contributed by atoms with Gasteiger partial charge in [0.1, 0.15) is 5.00 Å². The van der Waals surface area contributed by atoms with Crippen LogP contribution in [0.25, 0.3) is 0 Å². The Morgan fingerprint density at radius 3 is 3.00 bits per heavy atom. The van der Waals surface area contributed by atoms with Crippen LogP contribution in [0.15, 0.2) is 6.20 Å². The lowest BCUT2D eigenvalue weighted by Gasteiger charge is -2.15. The van der Waals surface area contributed by atoms with Gasteiger partial charge >= 0.3 is 0 Å². The van der Waals surface area contributed by atoms with Crippen molar-refractivity contribution in [2.75, 3.05) is 24.8 Å². The van der Waals surface area contributed by atoms with Crippen LogP contribution in [0.5, 0.6) is 0 Å². The van der Waals surface area contributed by atoms with Gasteiger partial charge in [-0.05, 0) is 6.42 Å². The lowest BCUT2D eigenvalue weighted by Crippen LogP contribution is -2.24. The number of ether oxygens (including phenoxy) is 1. The number of thiazole rings is 1. The Labute approximate surface area is 88.5 Å². The highest BCUT2D eigenvalue weighted by Gasteiger charge is 2.08. The second kappa shape index (κ2) is 5.82. The molecule has 0 saturated carbocycles. The molecule has 0 spiro atoms. The van der Waals surface area contributed by atoms with E-state index in [-0.39, 0.29) is 0 Å². The van der Waals surface area contributed by atoms with E-state index < -0.39 is 0 Å². The van der Waals surface area contributed by atoms with E-state index in [0.717, 1.165) is 23.0 Å². The molecule has 0 aliphatic heterocycles. The fourth-order valence-corrected chi connectivity index (χ4v) is 1.93. The summed E-state index contributed by atoms with van der Waals surface area (Å²) in [6.07, 6.45) is 3.87. The van der Waals surface area contributed by atoms with Crippen LogP contribution in [0.4, 0.5) is 10.1 Å². The third kappa shape index (κ3) is 3.51. The standard InChI is InChI=1S/C9H17N3OS/c1-3-4-7(6-13-2)12-9-11-5-8(10)14-9/h5,7H,3-4,6,10H2,1-2H3,(H,11,12). The van der Waals surface area contributed by atoms with Crippen LogP contribution >= 0.6 is 11.3 Å². The minimum absolute atomic E-state index is 0.329. The van der Waals surface area contributed by atoms with Crippen molar-refractivity contribution in [2.24, 2.45) is 0 Å². The van der Waals surface area contributed by atoms with Gasteiger partial charge in [0.2, 0.25) is 0 Å². The summed E-state index contributed by atoms with van der Waals surface area (Å²) in [5.41, 5.74) is 5.59. The zero-order valence-electron chi connectivity index (χ0n) is 8.62. The first-order valence-electron chi connectivity index (χ1n) is 4.73. The predicted molar refractivity (Wildman–Crippen MR) is 60.7 cm³/mol. The number of aromatic nitrogens is 1. The minimum Gasteiger partial charge on any atom is -0.389 e. The summed E-state index contributed by atoms with van der Waals surface area (Å²) < 4.78 is 5.12. The molecule has 0 aromatic carbocycles. The number of methoxy groups -OCH3 is 1. The SMILES string of the molecule is CCCC(COC)Nc1ncc(N)s1. The van der Waals surface area contributed by atoms with Gasteiger partial charge in [-0.1, -0.05) is 24.7 Å². The van der Waals surface area contributed by atoms with Crippen molar-refractivity contribution in [1.82, 2.24) is 4.98 Å². The fraction of sp³-hybridized carbons (Fsp3) is 0.667. The van der Waals surface area contributed by atoms with Gasteiger partial charge in [-0.15, -0.1) is 0 Å². The number of nitrogens with zero attached hydrogens (tertiary/aromatic N) is 1. The molecule has 0 aliphatic rings. The number of rotatable bonds is 6. The van der Waals surface area contributed by atoms with Crippen LogP contribution in [0.2, 0.25) is 0 Å². The van der Waals surface area contributed by atoms with Crippen molar-refractivity contribution in [1.29, 1.82) is 0 Å². The Morgan fingerprint density at radius 2 is 2.50 bits per heavy atom. The molecule has 0 amide bonds. The molecule has 1 aromatic heterocycles. The van der Waals surface area contributed by atoms with Gasteiger partial charge in [0.15, 0.2) is 5.13 Å². The molecule has 1 heterocycles. The zero-order chi connectivity index (χ0) is 10.4. The molecule has 1 aromatic rings. The molecule has 0 aliphatic carbocycles. The van der Waals surface area contributed by atoms with Crippen molar-refractivity contribution < 1.29 is 4.74 Å². The maximum Gasteiger partial charge on any atom is 0.184 e. The number of nitrogens with one attached hydrogen (secondary N) is 1. The lowest BCUT2D eigenvalue weighted by molar-refractivity contribution is 0.182. The predicted octanol–water partition coefficient (Wildman–Crippen LogP) is 1.95. The summed E-state index contributed by atoms with van der Waals surface area (Å²) in [5.74, 6) is 0. The number of hydrogen-bond acceptors (Lipinski definition) is 5. The van der Waals surface area contributed by atoms with Crippen molar-refractivity contribution in [3.8, 4) is 0 Å². The van der Waals surface area contributed by atoms with E-state index in [1.54, 1.807) is 13.3 Å². The molecular weight excluding hydrogens is 198 g/mol. The van der Waals surface area contributed by atoms with Crippen LogP contribution in [0.3, 0.4) is 0 Å². The Balaban J connectivity index is 2.46. The summed E-state index contributed by atoms with van der Waals surface area (Å²) in [6, 6.07) is 0.329. The fourth-order valence-electron chi connectivity index (χ4n) is 1.27. The second-order valence-corrected chi connectivity index (χ2v) is 4.22. The minimum atomic E-state index is 0.329. The molecule has 4 nitrogen and oxygen atoms in total. The van der Waals surface area contributed by atoms with Gasteiger partial charge in [-0.25, -0.2) is 4.98 Å². The molecule has 0 fully saturated rings. The largest absolute Gasteiger partial charge is 0.389 e. The summed E-state index contributed by atoms with van der Waals surface area (Å²) in [4.78, 5) is 4.15. The maximum atomic E-state index is 5.59. The maximum absolute atomic E-state index is 5.59. The first-order chi connectivity index (χ1) is 6.76. The van der Waals surface area contributed by atoms with Gasteiger partial charge in [-0.2, -0.15) is 0 Å². The van der Waals surface area contributed by atoms with E-state index in [2.05, 4.69) is 17.2 Å². The van der Waals surface area contributed by atoms with Crippen molar-refractivity contribution in [2.45, 2.75) is 25.8 Å². The van der Waals surface area contributed by atoms with Crippen LogP contribution < -0.4 is 11.1 Å². The van der Waals surface area contributed by atoms with Crippen molar-refractivity contribution >= 4 is 21.5 Å². The van der Waals surface area contributed by atoms with Crippen LogP contribution in [-0.4, -0.2) is 24.7 Å².